The van der Waals surface area contributed by atoms with E-state index in [0.717, 1.165) is 11.1 Å². The van der Waals surface area contributed by atoms with Gasteiger partial charge in [0.1, 0.15) is 17.5 Å². The van der Waals surface area contributed by atoms with Gasteiger partial charge in [-0.05, 0) is 60.2 Å². The summed E-state index contributed by atoms with van der Waals surface area (Å²) in [5.74, 6) is 0.831. The maximum atomic E-state index is 13.7. The average molecular weight is 517 g/mol. The van der Waals surface area contributed by atoms with Crippen molar-refractivity contribution in [2.24, 2.45) is 0 Å². The number of amides is 2. The SMILES string of the molecule is COc1cccc(CN(C(=O)COc2ccc(C(C)(C)C)cc2)[C@H](Cc2ccccc2)C(=O)NC(C)C)c1. The van der Waals surface area contributed by atoms with E-state index < -0.39 is 6.04 Å². The standard InChI is InChI=1S/C32H40N2O4/c1-23(2)33-31(36)29(20-24-11-8-7-9-12-24)34(21-25-13-10-14-28(19-25)37-6)30(35)22-38-27-17-15-26(16-18-27)32(3,4)5/h7-19,23,29H,20-22H2,1-6H3,(H,33,36)/t29-/m1/s1. The number of benzene rings is 3. The third kappa shape index (κ3) is 8.37. The summed E-state index contributed by atoms with van der Waals surface area (Å²) >= 11 is 0. The Hall–Kier alpha value is -3.80. The zero-order valence-electron chi connectivity index (χ0n) is 23.4. The van der Waals surface area contributed by atoms with Crippen LogP contribution in [0.2, 0.25) is 0 Å². The molecule has 6 heteroatoms. The van der Waals surface area contributed by atoms with Crippen molar-refractivity contribution in [2.45, 2.75) is 65.1 Å². The molecule has 3 aromatic carbocycles. The topological polar surface area (TPSA) is 67.9 Å². The monoisotopic (exact) mass is 516 g/mol. The van der Waals surface area contributed by atoms with Crippen molar-refractivity contribution in [2.75, 3.05) is 13.7 Å². The first-order valence-corrected chi connectivity index (χ1v) is 13.1. The minimum Gasteiger partial charge on any atom is -0.497 e. The van der Waals surface area contributed by atoms with Crippen molar-refractivity contribution < 1.29 is 19.1 Å². The molecule has 0 radical (unpaired) electrons. The number of hydrogen-bond acceptors (Lipinski definition) is 4. The Morgan fingerprint density at radius 2 is 1.53 bits per heavy atom. The second-order valence-electron chi connectivity index (χ2n) is 10.8. The molecule has 38 heavy (non-hydrogen) atoms. The van der Waals surface area contributed by atoms with Gasteiger partial charge in [0.05, 0.1) is 7.11 Å². The second kappa shape index (κ2) is 13.1. The van der Waals surface area contributed by atoms with Gasteiger partial charge < -0.3 is 19.7 Å². The Morgan fingerprint density at radius 1 is 0.868 bits per heavy atom. The van der Waals surface area contributed by atoms with Gasteiger partial charge in [0.25, 0.3) is 5.91 Å². The van der Waals surface area contributed by atoms with Crippen LogP contribution < -0.4 is 14.8 Å². The molecular formula is C32H40N2O4. The molecule has 0 saturated carbocycles. The molecule has 0 spiro atoms. The minimum atomic E-state index is -0.717. The average Bonchev–Trinajstić information content (AvgIpc) is 2.89. The Morgan fingerprint density at radius 3 is 2.13 bits per heavy atom. The van der Waals surface area contributed by atoms with Gasteiger partial charge in [0, 0.05) is 19.0 Å². The largest absolute Gasteiger partial charge is 0.497 e. The quantitative estimate of drug-likeness (QED) is 0.364. The molecule has 202 valence electrons. The predicted octanol–water partition coefficient (Wildman–Crippen LogP) is 5.54. The molecule has 1 atom stereocenters. The molecule has 3 rings (SSSR count). The van der Waals surface area contributed by atoms with E-state index in [4.69, 9.17) is 9.47 Å². The van der Waals surface area contributed by atoms with Crippen LogP contribution in [0.3, 0.4) is 0 Å². The highest BCUT2D eigenvalue weighted by molar-refractivity contribution is 5.88. The maximum Gasteiger partial charge on any atom is 0.261 e. The van der Waals surface area contributed by atoms with E-state index in [2.05, 4.69) is 26.1 Å². The van der Waals surface area contributed by atoms with E-state index >= 15 is 0 Å². The van der Waals surface area contributed by atoms with Gasteiger partial charge in [-0.15, -0.1) is 0 Å². The van der Waals surface area contributed by atoms with Gasteiger partial charge in [0.15, 0.2) is 6.61 Å². The molecule has 2 amide bonds. The van der Waals surface area contributed by atoms with E-state index in [-0.39, 0.29) is 36.4 Å². The molecule has 0 aliphatic heterocycles. The van der Waals surface area contributed by atoms with E-state index in [9.17, 15) is 9.59 Å². The fourth-order valence-electron chi connectivity index (χ4n) is 4.18. The van der Waals surface area contributed by atoms with Crippen LogP contribution in [-0.2, 0) is 28.0 Å². The maximum absolute atomic E-state index is 13.7. The molecule has 0 fully saturated rings. The predicted molar refractivity (Wildman–Crippen MR) is 151 cm³/mol. The van der Waals surface area contributed by atoms with Crippen molar-refractivity contribution in [1.82, 2.24) is 10.2 Å². The Bertz CT molecular complexity index is 1180. The van der Waals surface area contributed by atoms with Crippen LogP contribution >= 0.6 is 0 Å². The molecule has 0 saturated heterocycles. The Balaban J connectivity index is 1.89. The van der Waals surface area contributed by atoms with Gasteiger partial charge in [0.2, 0.25) is 5.91 Å². The van der Waals surface area contributed by atoms with E-state index in [1.165, 1.54) is 5.56 Å². The molecule has 0 bridgehead atoms. The molecule has 0 aromatic heterocycles. The highest BCUT2D eigenvalue weighted by Gasteiger charge is 2.31. The van der Waals surface area contributed by atoms with Crippen molar-refractivity contribution in [3.05, 3.63) is 95.6 Å². The van der Waals surface area contributed by atoms with Crippen LogP contribution in [-0.4, -0.2) is 42.5 Å². The summed E-state index contributed by atoms with van der Waals surface area (Å²) in [4.78, 5) is 28.8. The Kier molecular flexibility index (Phi) is 9.94. The second-order valence-corrected chi connectivity index (χ2v) is 10.8. The van der Waals surface area contributed by atoms with Crippen molar-refractivity contribution in [1.29, 1.82) is 0 Å². The lowest BCUT2D eigenvalue weighted by molar-refractivity contribution is -0.143. The lowest BCUT2D eigenvalue weighted by Gasteiger charge is -2.32. The first-order chi connectivity index (χ1) is 18.1. The van der Waals surface area contributed by atoms with Crippen molar-refractivity contribution >= 4 is 11.8 Å². The third-order valence-electron chi connectivity index (χ3n) is 6.27. The van der Waals surface area contributed by atoms with Gasteiger partial charge in [-0.3, -0.25) is 9.59 Å². The van der Waals surface area contributed by atoms with Crippen LogP contribution in [0, 0.1) is 0 Å². The number of carbonyl (C=O) groups is 2. The number of ether oxygens (including phenoxy) is 2. The zero-order chi connectivity index (χ0) is 27.7. The fourth-order valence-corrected chi connectivity index (χ4v) is 4.18. The summed E-state index contributed by atoms with van der Waals surface area (Å²) in [7, 11) is 1.61. The lowest BCUT2D eigenvalue weighted by atomic mass is 9.87. The lowest BCUT2D eigenvalue weighted by Crippen LogP contribution is -2.52. The van der Waals surface area contributed by atoms with E-state index in [0.29, 0.717) is 17.9 Å². The molecule has 3 aromatic rings. The molecule has 6 nitrogen and oxygen atoms in total. The zero-order valence-corrected chi connectivity index (χ0v) is 23.4. The smallest absolute Gasteiger partial charge is 0.261 e. The van der Waals surface area contributed by atoms with Gasteiger partial charge in [-0.1, -0.05) is 75.4 Å². The number of nitrogens with zero attached hydrogens (tertiary/aromatic N) is 1. The highest BCUT2D eigenvalue weighted by atomic mass is 16.5. The summed E-state index contributed by atoms with van der Waals surface area (Å²) in [6.07, 6.45) is 0.384. The van der Waals surface area contributed by atoms with E-state index in [1.807, 2.05) is 92.7 Å². The number of carbonyl (C=O) groups excluding carboxylic acids is 2. The highest BCUT2D eigenvalue weighted by Crippen LogP contribution is 2.24. The Labute approximate surface area is 227 Å². The molecule has 0 aliphatic carbocycles. The van der Waals surface area contributed by atoms with Crippen LogP contribution in [0.1, 0.15) is 51.3 Å². The van der Waals surface area contributed by atoms with Crippen LogP contribution in [0.5, 0.6) is 11.5 Å². The van der Waals surface area contributed by atoms with Gasteiger partial charge in [-0.25, -0.2) is 0 Å². The van der Waals surface area contributed by atoms with Crippen molar-refractivity contribution in [3.8, 4) is 11.5 Å². The minimum absolute atomic E-state index is 0.0241. The summed E-state index contributed by atoms with van der Waals surface area (Å²) in [6.45, 7) is 10.3. The normalized spacial score (nSPS) is 12.1. The summed E-state index contributed by atoms with van der Waals surface area (Å²) in [5, 5.41) is 3.00. The summed E-state index contributed by atoms with van der Waals surface area (Å²) in [5.41, 5.74) is 3.04. The third-order valence-corrected chi connectivity index (χ3v) is 6.27. The van der Waals surface area contributed by atoms with Crippen molar-refractivity contribution in [3.63, 3.8) is 0 Å². The molecule has 1 N–H and O–H groups in total. The first kappa shape index (κ1) is 28.8. The van der Waals surface area contributed by atoms with E-state index in [1.54, 1.807) is 12.0 Å². The molecule has 0 heterocycles. The molecule has 0 aliphatic rings. The number of nitrogens with one attached hydrogen (secondary N) is 1. The number of methoxy groups -OCH3 is 1. The summed E-state index contributed by atoms with van der Waals surface area (Å²) < 4.78 is 11.3. The number of hydrogen-bond donors (Lipinski definition) is 1. The molecular weight excluding hydrogens is 476 g/mol. The first-order valence-electron chi connectivity index (χ1n) is 13.1. The van der Waals surface area contributed by atoms with Crippen LogP contribution in [0.4, 0.5) is 0 Å². The van der Waals surface area contributed by atoms with Gasteiger partial charge >= 0.3 is 0 Å². The molecule has 0 unspecified atom stereocenters. The fraction of sp³-hybridized carbons (Fsp3) is 0.375. The number of rotatable bonds is 11. The van der Waals surface area contributed by atoms with Crippen LogP contribution in [0.15, 0.2) is 78.9 Å². The van der Waals surface area contributed by atoms with Gasteiger partial charge in [-0.2, -0.15) is 0 Å². The summed E-state index contributed by atoms with van der Waals surface area (Å²) in [6, 6.07) is 24.3. The van der Waals surface area contributed by atoms with Crippen LogP contribution in [0.25, 0.3) is 0 Å².